The Morgan fingerprint density at radius 1 is 1.04 bits per heavy atom. The van der Waals surface area contributed by atoms with E-state index < -0.39 is 5.91 Å². The minimum absolute atomic E-state index is 0.408. The maximum Gasteiger partial charge on any atom is 0.249 e. The van der Waals surface area contributed by atoms with Crippen molar-refractivity contribution >= 4 is 27.7 Å². The summed E-state index contributed by atoms with van der Waals surface area (Å²) in [4.78, 5) is 12.0. The molecule has 26 heavy (non-hydrogen) atoms. The zero-order valence-electron chi connectivity index (χ0n) is 15.3. The molecule has 0 fully saturated rings. The Hall–Kier alpha value is -3.07. The molecule has 0 aliphatic rings. The number of hydrogen-bond acceptors (Lipinski definition) is 1. The van der Waals surface area contributed by atoms with Crippen molar-refractivity contribution in [2.75, 3.05) is 0 Å². The van der Waals surface area contributed by atoms with Crippen molar-refractivity contribution in [2.45, 2.75) is 27.3 Å². The van der Waals surface area contributed by atoms with Crippen molar-refractivity contribution in [3.05, 3.63) is 82.4 Å². The molecular weight excluding hydrogens is 320 g/mol. The van der Waals surface area contributed by atoms with Crippen LogP contribution in [0.2, 0.25) is 0 Å². The van der Waals surface area contributed by atoms with E-state index in [4.69, 9.17) is 5.73 Å². The summed E-state index contributed by atoms with van der Waals surface area (Å²) in [6.07, 6.45) is 0. The highest BCUT2D eigenvalue weighted by atomic mass is 16.1. The molecule has 0 spiro atoms. The number of amides is 1. The van der Waals surface area contributed by atoms with Crippen molar-refractivity contribution in [3.8, 4) is 0 Å². The highest BCUT2D eigenvalue weighted by Gasteiger charge is 2.17. The third kappa shape index (κ3) is 2.48. The molecule has 0 bridgehead atoms. The first kappa shape index (κ1) is 16.4. The van der Waals surface area contributed by atoms with Gasteiger partial charge in [0.25, 0.3) is 0 Å². The van der Waals surface area contributed by atoms with Crippen LogP contribution in [0.25, 0.3) is 21.8 Å². The predicted molar refractivity (Wildman–Crippen MR) is 107 cm³/mol. The average molecular weight is 341 g/mol. The standard InChI is InChI=1S/C23H21N2O/c1-14-11-15(2)19(16(3)12-14)13-25-20-9-5-4-7-17(20)22-18(23(24)26)8-6-10-21(22)25/h4-6,8-12H,13H2,1-3H3,(H2,24,26). The molecule has 2 N–H and O–H groups in total. The number of fused-ring (bicyclic) bond motifs is 3. The van der Waals surface area contributed by atoms with Crippen LogP contribution >= 0.6 is 0 Å². The molecule has 0 saturated carbocycles. The minimum atomic E-state index is -0.408. The Morgan fingerprint density at radius 3 is 2.42 bits per heavy atom. The van der Waals surface area contributed by atoms with Gasteiger partial charge >= 0.3 is 0 Å². The van der Waals surface area contributed by atoms with Crippen LogP contribution in [0.4, 0.5) is 0 Å². The molecule has 0 unspecified atom stereocenters. The first-order valence-corrected chi connectivity index (χ1v) is 8.75. The smallest absolute Gasteiger partial charge is 0.249 e. The number of nitrogens with two attached hydrogens (primary N) is 1. The number of benzene rings is 3. The topological polar surface area (TPSA) is 48.0 Å². The number of rotatable bonds is 3. The van der Waals surface area contributed by atoms with E-state index in [2.05, 4.69) is 55.7 Å². The van der Waals surface area contributed by atoms with Crippen LogP contribution in [0, 0.1) is 26.8 Å². The van der Waals surface area contributed by atoms with Gasteiger partial charge in [0.15, 0.2) is 0 Å². The van der Waals surface area contributed by atoms with Crippen LogP contribution in [-0.4, -0.2) is 10.5 Å². The van der Waals surface area contributed by atoms with Crippen LogP contribution in [-0.2, 0) is 6.54 Å². The van der Waals surface area contributed by atoms with Gasteiger partial charge in [0.1, 0.15) is 0 Å². The second-order valence-corrected chi connectivity index (χ2v) is 6.96. The molecule has 0 aliphatic carbocycles. The van der Waals surface area contributed by atoms with Crippen LogP contribution in [0.3, 0.4) is 0 Å². The number of nitrogens with zero attached hydrogens (tertiary/aromatic N) is 1. The van der Waals surface area contributed by atoms with E-state index in [1.54, 1.807) is 6.07 Å². The van der Waals surface area contributed by atoms with Gasteiger partial charge in [0.05, 0.1) is 11.0 Å². The lowest BCUT2D eigenvalue weighted by Crippen LogP contribution is -2.11. The van der Waals surface area contributed by atoms with Gasteiger partial charge in [-0.25, -0.2) is 0 Å². The number of aromatic nitrogens is 1. The highest BCUT2D eigenvalue weighted by molar-refractivity contribution is 6.17. The Bertz CT molecular complexity index is 1140. The van der Waals surface area contributed by atoms with Gasteiger partial charge in [-0.2, -0.15) is 0 Å². The lowest BCUT2D eigenvalue weighted by Gasteiger charge is -2.14. The van der Waals surface area contributed by atoms with E-state index in [0.29, 0.717) is 5.56 Å². The lowest BCUT2D eigenvalue weighted by atomic mass is 9.99. The molecule has 1 amide bonds. The summed E-state index contributed by atoms with van der Waals surface area (Å²) in [5.74, 6) is -0.408. The third-order valence-electron chi connectivity index (χ3n) is 5.13. The van der Waals surface area contributed by atoms with Crippen LogP contribution in [0.1, 0.15) is 32.6 Å². The molecule has 3 aromatic carbocycles. The largest absolute Gasteiger partial charge is 0.366 e. The molecular formula is C23H21N2O. The summed E-state index contributed by atoms with van der Waals surface area (Å²) in [5, 5.41) is 1.83. The Labute approximate surface area is 153 Å². The molecule has 0 atom stereocenters. The second kappa shape index (κ2) is 6.03. The Kier molecular flexibility index (Phi) is 3.80. The van der Waals surface area contributed by atoms with Crippen molar-refractivity contribution < 1.29 is 4.79 Å². The summed E-state index contributed by atoms with van der Waals surface area (Å²) in [5.41, 5.74) is 13.4. The summed E-state index contributed by atoms with van der Waals surface area (Å²) in [7, 11) is 0. The lowest BCUT2D eigenvalue weighted by molar-refractivity contribution is 0.100. The summed E-state index contributed by atoms with van der Waals surface area (Å²) in [6.45, 7) is 7.19. The van der Waals surface area contributed by atoms with Crippen molar-refractivity contribution in [1.29, 1.82) is 0 Å². The molecule has 0 saturated heterocycles. The van der Waals surface area contributed by atoms with Crippen LogP contribution in [0.15, 0.2) is 48.5 Å². The number of carbonyl (C=O) groups is 1. The Morgan fingerprint density at radius 2 is 1.73 bits per heavy atom. The van der Waals surface area contributed by atoms with E-state index >= 15 is 0 Å². The van der Waals surface area contributed by atoms with Crippen molar-refractivity contribution in [2.24, 2.45) is 5.73 Å². The van der Waals surface area contributed by atoms with Crippen molar-refractivity contribution in [1.82, 2.24) is 4.57 Å². The molecule has 3 nitrogen and oxygen atoms in total. The number of aryl methyl sites for hydroxylation is 3. The van der Waals surface area contributed by atoms with Crippen LogP contribution < -0.4 is 5.73 Å². The normalized spacial score (nSPS) is 11.3. The maximum absolute atomic E-state index is 12.0. The highest BCUT2D eigenvalue weighted by Crippen LogP contribution is 2.32. The number of primary amides is 1. The van der Waals surface area contributed by atoms with E-state index in [0.717, 1.165) is 28.4 Å². The van der Waals surface area contributed by atoms with E-state index in [1.807, 2.05) is 18.2 Å². The molecule has 129 valence electrons. The second-order valence-electron chi connectivity index (χ2n) is 6.96. The van der Waals surface area contributed by atoms with E-state index in [-0.39, 0.29) is 0 Å². The third-order valence-corrected chi connectivity index (χ3v) is 5.13. The average Bonchev–Trinajstić information content (AvgIpc) is 2.92. The zero-order valence-corrected chi connectivity index (χ0v) is 15.3. The van der Waals surface area contributed by atoms with Crippen LogP contribution in [0.5, 0.6) is 0 Å². The molecule has 1 heterocycles. The van der Waals surface area contributed by atoms with Gasteiger partial charge in [-0.15, -0.1) is 0 Å². The van der Waals surface area contributed by atoms with Crippen molar-refractivity contribution in [3.63, 3.8) is 0 Å². The van der Waals surface area contributed by atoms with Gasteiger partial charge in [-0.05, 0) is 61.7 Å². The fourth-order valence-electron chi connectivity index (χ4n) is 4.00. The molecule has 4 rings (SSSR count). The van der Waals surface area contributed by atoms with E-state index in [1.165, 1.54) is 22.3 Å². The molecule has 4 aromatic rings. The number of hydrogen-bond donors (Lipinski definition) is 1. The first-order chi connectivity index (χ1) is 12.5. The monoisotopic (exact) mass is 341 g/mol. The summed E-state index contributed by atoms with van der Waals surface area (Å²) >= 11 is 0. The fourth-order valence-corrected chi connectivity index (χ4v) is 4.00. The molecule has 0 aliphatic heterocycles. The Balaban J connectivity index is 2.04. The van der Waals surface area contributed by atoms with Gasteiger partial charge in [-0.1, -0.05) is 35.9 Å². The summed E-state index contributed by atoms with van der Waals surface area (Å²) < 4.78 is 2.26. The fraction of sp³-hybridized carbons (Fsp3) is 0.174. The molecule has 1 radical (unpaired) electrons. The first-order valence-electron chi connectivity index (χ1n) is 8.75. The summed E-state index contributed by atoms with van der Waals surface area (Å²) in [6, 6.07) is 19.4. The number of carbonyl (C=O) groups excluding carboxylic acids is 1. The van der Waals surface area contributed by atoms with E-state index in [9.17, 15) is 4.79 Å². The maximum atomic E-state index is 12.0. The van der Waals surface area contributed by atoms with Gasteiger partial charge in [0, 0.05) is 22.9 Å². The molecule has 1 aromatic heterocycles. The molecule has 3 heteroatoms. The SMILES string of the molecule is Cc1cc(C)c(Cn2c3ccc[c]c3c3c(C(N)=O)cccc32)c(C)c1. The van der Waals surface area contributed by atoms with Gasteiger partial charge in [-0.3, -0.25) is 4.79 Å². The quantitative estimate of drug-likeness (QED) is 0.578. The predicted octanol–water partition coefficient (Wildman–Crippen LogP) is 4.67. The van der Waals surface area contributed by atoms with Gasteiger partial charge in [0.2, 0.25) is 5.91 Å². The zero-order chi connectivity index (χ0) is 18.4. The van der Waals surface area contributed by atoms with Gasteiger partial charge < -0.3 is 10.3 Å². The minimum Gasteiger partial charge on any atom is -0.366 e.